The summed E-state index contributed by atoms with van der Waals surface area (Å²) in [6.07, 6.45) is 0. The third kappa shape index (κ3) is 10.4. The Morgan fingerprint density at radius 3 is 1.28 bits per heavy atom. The highest BCUT2D eigenvalue weighted by Crippen LogP contribution is 2.67. The number of benzene rings is 3. The Labute approximate surface area is 184 Å². The van der Waals surface area contributed by atoms with Gasteiger partial charge in [-0.2, -0.15) is 8.62 Å². The minimum absolute atomic E-state index is 0.0436. The van der Waals surface area contributed by atoms with Crippen molar-refractivity contribution in [3.8, 4) is 11.5 Å². The SMILES string of the molecule is Cc1ccccc1.O=P(O)(O)OP(=O)(O)OP(=O)(Oc1ccccc1)Oc1ccccc1. The van der Waals surface area contributed by atoms with E-state index in [0.29, 0.717) is 0 Å². The molecule has 0 heterocycles. The van der Waals surface area contributed by atoms with Gasteiger partial charge in [-0.25, -0.2) is 13.7 Å². The molecule has 0 saturated heterocycles. The van der Waals surface area contributed by atoms with E-state index in [1.807, 2.05) is 18.2 Å². The zero-order chi connectivity index (χ0) is 23.7. The van der Waals surface area contributed by atoms with Gasteiger partial charge in [-0.05, 0) is 31.2 Å². The van der Waals surface area contributed by atoms with E-state index >= 15 is 0 Å². The Bertz CT molecular complexity index is 1060. The van der Waals surface area contributed by atoms with Crippen molar-refractivity contribution in [3.05, 3.63) is 96.6 Å². The van der Waals surface area contributed by atoms with Crippen LogP contribution in [0.1, 0.15) is 5.56 Å². The minimum Gasteiger partial charge on any atom is -0.395 e. The average Bonchev–Trinajstić information content (AvgIpc) is 2.68. The summed E-state index contributed by atoms with van der Waals surface area (Å²) < 4.78 is 53.1. The molecule has 0 saturated carbocycles. The van der Waals surface area contributed by atoms with Crippen LogP contribution in [0.15, 0.2) is 91.0 Å². The lowest BCUT2D eigenvalue weighted by atomic mass is 10.2. The molecule has 0 amide bonds. The van der Waals surface area contributed by atoms with E-state index in [1.54, 1.807) is 12.1 Å². The summed E-state index contributed by atoms with van der Waals surface area (Å²) in [5.41, 5.74) is 1.32. The summed E-state index contributed by atoms with van der Waals surface area (Å²) in [4.78, 5) is 26.7. The lowest BCUT2D eigenvalue weighted by molar-refractivity contribution is 0.209. The molecule has 3 aromatic carbocycles. The standard InChI is InChI=1S/C12H13O10P3.C7H8/c13-23(14,15)21-24(16,17)22-25(18,19-11-7-3-1-4-8-11)20-12-9-5-2-6-10-12;1-7-5-3-2-4-6-7/h1-10H,(H,16,17)(H2,13,14,15);2-6H,1H3. The van der Waals surface area contributed by atoms with Crippen molar-refractivity contribution in [2.75, 3.05) is 0 Å². The highest BCUT2D eigenvalue weighted by Gasteiger charge is 2.45. The molecule has 0 aromatic heterocycles. The maximum absolute atomic E-state index is 12.7. The molecule has 10 nitrogen and oxygen atoms in total. The number of aryl methyl sites for hydroxylation is 1. The Morgan fingerprint density at radius 1 is 0.594 bits per heavy atom. The van der Waals surface area contributed by atoms with E-state index in [0.717, 1.165) is 0 Å². The van der Waals surface area contributed by atoms with Crippen LogP contribution in [-0.4, -0.2) is 14.7 Å². The summed E-state index contributed by atoms with van der Waals surface area (Å²) in [6, 6.07) is 25.0. The molecule has 0 aliphatic heterocycles. The molecule has 0 bridgehead atoms. The largest absolute Gasteiger partial charge is 0.596 e. The molecule has 3 rings (SSSR count). The molecule has 1 unspecified atom stereocenters. The van der Waals surface area contributed by atoms with Crippen LogP contribution in [0.3, 0.4) is 0 Å². The second-order valence-corrected chi connectivity index (χ2v) is 10.5. The molecular weight excluding hydrogens is 481 g/mol. The second kappa shape index (κ2) is 11.6. The summed E-state index contributed by atoms with van der Waals surface area (Å²) in [7, 11) is -15.7. The predicted molar refractivity (Wildman–Crippen MR) is 117 cm³/mol. The molecule has 13 heteroatoms. The van der Waals surface area contributed by atoms with E-state index in [-0.39, 0.29) is 11.5 Å². The van der Waals surface area contributed by atoms with E-state index in [9.17, 15) is 18.6 Å². The van der Waals surface area contributed by atoms with E-state index in [2.05, 4.69) is 27.7 Å². The first-order chi connectivity index (χ1) is 15.0. The smallest absolute Gasteiger partial charge is 0.395 e. The predicted octanol–water partition coefficient (Wildman–Crippen LogP) is 5.47. The normalized spacial score (nSPS) is 13.2. The molecule has 0 spiro atoms. The van der Waals surface area contributed by atoms with Crippen molar-refractivity contribution in [2.24, 2.45) is 0 Å². The van der Waals surface area contributed by atoms with E-state index < -0.39 is 23.5 Å². The van der Waals surface area contributed by atoms with Crippen molar-refractivity contribution in [1.29, 1.82) is 0 Å². The van der Waals surface area contributed by atoms with E-state index in [1.165, 1.54) is 54.1 Å². The van der Waals surface area contributed by atoms with Crippen LogP contribution in [0.2, 0.25) is 0 Å². The molecule has 1 atom stereocenters. The van der Waals surface area contributed by atoms with Crippen molar-refractivity contribution >= 4 is 23.5 Å². The molecular formula is C19H21O10P3. The van der Waals surface area contributed by atoms with Gasteiger partial charge in [-0.3, -0.25) is 0 Å². The first kappa shape index (κ1) is 26.0. The van der Waals surface area contributed by atoms with Crippen LogP contribution in [0.5, 0.6) is 11.5 Å². The molecule has 172 valence electrons. The highest BCUT2D eigenvalue weighted by atomic mass is 31.3. The second-order valence-electron chi connectivity index (χ2n) is 6.03. The molecule has 0 radical (unpaired) electrons. The fourth-order valence-electron chi connectivity index (χ4n) is 2.08. The minimum atomic E-state index is -5.49. The number of phosphoric acid groups is 3. The van der Waals surface area contributed by atoms with Crippen molar-refractivity contribution < 1.29 is 46.0 Å². The van der Waals surface area contributed by atoms with E-state index in [4.69, 9.17) is 18.8 Å². The molecule has 3 N–H and O–H groups in total. The summed E-state index contributed by atoms with van der Waals surface area (Å²) in [6.45, 7) is 2.08. The van der Waals surface area contributed by atoms with Gasteiger partial charge < -0.3 is 23.7 Å². The third-order valence-corrected chi connectivity index (χ3v) is 7.44. The topological polar surface area (TPSA) is 149 Å². The molecule has 0 aliphatic carbocycles. The monoisotopic (exact) mass is 502 g/mol. The molecule has 0 fully saturated rings. The van der Waals surface area contributed by atoms with Crippen LogP contribution in [0.25, 0.3) is 0 Å². The maximum Gasteiger partial charge on any atom is 0.596 e. The highest BCUT2D eigenvalue weighted by molar-refractivity contribution is 7.67. The van der Waals surface area contributed by atoms with Gasteiger partial charge in [0, 0.05) is 0 Å². The number of hydrogen-bond acceptors (Lipinski definition) is 7. The van der Waals surface area contributed by atoms with Crippen LogP contribution in [0, 0.1) is 6.92 Å². The average molecular weight is 502 g/mol. The summed E-state index contributed by atoms with van der Waals surface area (Å²) >= 11 is 0. The Balaban J connectivity index is 0.000000439. The summed E-state index contributed by atoms with van der Waals surface area (Å²) in [5.74, 6) is -0.0871. The van der Waals surface area contributed by atoms with Crippen molar-refractivity contribution in [1.82, 2.24) is 0 Å². The molecule has 0 aliphatic rings. The Morgan fingerprint density at radius 2 is 0.969 bits per heavy atom. The van der Waals surface area contributed by atoms with Gasteiger partial charge in [-0.1, -0.05) is 72.3 Å². The zero-order valence-electron chi connectivity index (χ0n) is 16.7. The fourth-order valence-corrected chi connectivity index (χ4v) is 5.62. The van der Waals surface area contributed by atoms with Gasteiger partial charge in [0.1, 0.15) is 11.5 Å². The van der Waals surface area contributed by atoms with Crippen LogP contribution >= 0.6 is 23.5 Å². The van der Waals surface area contributed by atoms with Gasteiger partial charge in [0.25, 0.3) is 0 Å². The van der Waals surface area contributed by atoms with Crippen LogP contribution in [0.4, 0.5) is 0 Å². The van der Waals surface area contributed by atoms with Gasteiger partial charge in [0.2, 0.25) is 0 Å². The number of para-hydroxylation sites is 2. The summed E-state index contributed by atoms with van der Waals surface area (Å²) in [5, 5.41) is 0. The van der Waals surface area contributed by atoms with Crippen molar-refractivity contribution in [2.45, 2.75) is 6.92 Å². The van der Waals surface area contributed by atoms with Crippen LogP contribution < -0.4 is 9.05 Å². The number of rotatable bonds is 8. The Hall–Kier alpha value is -2.25. The van der Waals surface area contributed by atoms with Gasteiger partial charge in [0.15, 0.2) is 0 Å². The zero-order valence-corrected chi connectivity index (χ0v) is 19.4. The number of hydrogen-bond donors (Lipinski definition) is 3. The lowest BCUT2D eigenvalue weighted by Crippen LogP contribution is -2.05. The van der Waals surface area contributed by atoms with Gasteiger partial charge in [0.05, 0.1) is 0 Å². The van der Waals surface area contributed by atoms with Crippen LogP contribution in [-0.2, 0) is 22.3 Å². The molecule has 32 heavy (non-hydrogen) atoms. The lowest BCUT2D eigenvalue weighted by Gasteiger charge is -2.20. The maximum atomic E-state index is 12.7. The van der Waals surface area contributed by atoms with Gasteiger partial charge >= 0.3 is 23.5 Å². The first-order valence-electron chi connectivity index (χ1n) is 8.88. The van der Waals surface area contributed by atoms with Crippen molar-refractivity contribution in [3.63, 3.8) is 0 Å². The fraction of sp³-hybridized carbons (Fsp3) is 0.0526. The quantitative estimate of drug-likeness (QED) is 0.338. The molecule has 3 aromatic rings. The first-order valence-corrected chi connectivity index (χ1v) is 13.4. The Kier molecular flexibility index (Phi) is 9.40. The van der Waals surface area contributed by atoms with Gasteiger partial charge in [-0.15, -0.1) is 0 Å². The third-order valence-electron chi connectivity index (χ3n) is 3.27. The number of phosphoric ester groups is 1.